The molecule has 1 aromatic carbocycles. The second-order valence-corrected chi connectivity index (χ2v) is 3.77. The van der Waals surface area contributed by atoms with E-state index in [4.69, 9.17) is 5.26 Å². The Morgan fingerprint density at radius 1 is 1.50 bits per heavy atom. The van der Waals surface area contributed by atoms with Crippen molar-refractivity contribution in [2.75, 3.05) is 17.2 Å². The number of hydrogen-bond acceptors (Lipinski definition) is 6. The number of tetrazole rings is 1. The van der Waals surface area contributed by atoms with Crippen molar-refractivity contribution < 1.29 is 4.39 Å². The Labute approximate surface area is 114 Å². The van der Waals surface area contributed by atoms with Crippen LogP contribution in [0.1, 0.15) is 12.7 Å². The minimum absolute atomic E-state index is 0.168. The standard InChI is InChI=1S/C12H12FN7/c1-2-15-10-4-3-9(13)5-11(10)16-7-8(6-14)12-17-19-20-18-12/h3-5,7,15-16H,2H2,1H3,(H,17,18,19,20). The first kappa shape index (κ1) is 13.5. The molecule has 2 rings (SSSR count). The number of allylic oxidation sites excluding steroid dienone is 1. The fourth-order valence-corrected chi connectivity index (χ4v) is 1.55. The Kier molecular flexibility index (Phi) is 4.24. The zero-order valence-electron chi connectivity index (χ0n) is 10.7. The summed E-state index contributed by atoms with van der Waals surface area (Å²) in [5, 5.41) is 28.0. The van der Waals surface area contributed by atoms with Crippen LogP contribution in [0, 0.1) is 17.1 Å². The van der Waals surface area contributed by atoms with Gasteiger partial charge >= 0.3 is 0 Å². The number of hydrogen-bond donors (Lipinski definition) is 3. The summed E-state index contributed by atoms with van der Waals surface area (Å²) in [4.78, 5) is 0. The number of halogens is 1. The number of benzene rings is 1. The maximum absolute atomic E-state index is 13.3. The van der Waals surface area contributed by atoms with Crippen LogP contribution < -0.4 is 10.6 Å². The van der Waals surface area contributed by atoms with Crippen molar-refractivity contribution in [2.45, 2.75) is 6.92 Å². The second-order valence-electron chi connectivity index (χ2n) is 3.77. The van der Waals surface area contributed by atoms with Gasteiger partial charge in [0.2, 0.25) is 5.82 Å². The molecule has 0 atom stereocenters. The van der Waals surface area contributed by atoms with E-state index in [1.807, 2.05) is 13.0 Å². The SMILES string of the molecule is CCNc1ccc(F)cc1NC=C(C#N)c1nn[nH]n1. The molecule has 7 nitrogen and oxygen atoms in total. The zero-order valence-corrected chi connectivity index (χ0v) is 10.7. The minimum atomic E-state index is -0.374. The van der Waals surface area contributed by atoms with E-state index in [-0.39, 0.29) is 17.2 Å². The van der Waals surface area contributed by atoms with Gasteiger partial charge in [0, 0.05) is 12.7 Å². The summed E-state index contributed by atoms with van der Waals surface area (Å²) in [6, 6.07) is 6.25. The molecular weight excluding hydrogens is 261 g/mol. The van der Waals surface area contributed by atoms with E-state index in [0.717, 1.165) is 5.69 Å². The van der Waals surface area contributed by atoms with Gasteiger partial charge in [-0.05, 0) is 30.3 Å². The molecule has 0 fully saturated rings. The summed E-state index contributed by atoms with van der Waals surface area (Å²) in [6.07, 6.45) is 1.40. The van der Waals surface area contributed by atoms with Crippen LogP contribution in [0.4, 0.5) is 15.8 Å². The van der Waals surface area contributed by atoms with Gasteiger partial charge < -0.3 is 10.6 Å². The number of nitrogens with one attached hydrogen (secondary N) is 3. The molecule has 0 unspecified atom stereocenters. The van der Waals surface area contributed by atoms with E-state index in [0.29, 0.717) is 12.2 Å². The highest BCUT2D eigenvalue weighted by Gasteiger charge is 2.07. The maximum Gasteiger partial charge on any atom is 0.216 e. The molecule has 20 heavy (non-hydrogen) atoms. The number of anilines is 2. The molecule has 0 saturated carbocycles. The average molecular weight is 273 g/mol. The molecule has 0 bridgehead atoms. The minimum Gasteiger partial charge on any atom is -0.384 e. The van der Waals surface area contributed by atoms with Gasteiger partial charge in [0.15, 0.2) is 0 Å². The van der Waals surface area contributed by atoms with Crippen LogP contribution in [0.3, 0.4) is 0 Å². The number of rotatable bonds is 5. The van der Waals surface area contributed by atoms with Gasteiger partial charge in [-0.2, -0.15) is 10.5 Å². The Bertz CT molecular complexity index is 642. The van der Waals surface area contributed by atoms with Crippen molar-refractivity contribution >= 4 is 16.9 Å². The largest absolute Gasteiger partial charge is 0.384 e. The molecule has 0 aliphatic heterocycles. The summed E-state index contributed by atoms with van der Waals surface area (Å²) in [5.41, 5.74) is 1.43. The molecule has 3 N–H and O–H groups in total. The Balaban J connectivity index is 2.25. The third kappa shape index (κ3) is 3.08. The Morgan fingerprint density at radius 3 is 3.00 bits per heavy atom. The van der Waals surface area contributed by atoms with Gasteiger partial charge in [0.25, 0.3) is 0 Å². The third-order valence-electron chi connectivity index (χ3n) is 2.43. The molecular formula is C12H12FN7. The zero-order chi connectivity index (χ0) is 14.4. The van der Waals surface area contributed by atoms with Crippen molar-refractivity contribution in [3.05, 3.63) is 36.0 Å². The van der Waals surface area contributed by atoms with Crippen LogP contribution in [-0.2, 0) is 0 Å². The average Bonchev–Trinajstić information content (AvgIpc) is 2.96. The normalized spacial score (nSPS) is 10.9. The smallest absolute Gasteiger partial charge is 0.216 e. The maximum atomic E-state index is 13.3. The highest BCUT2D eigenvalue weighted by Crippen LogP contribution is 2.23. The molecule has 0 amide bonds. The van der Waals surface area contributed by atoms with E-state index in [9.17, 15) is 4.39 Å². The van der Waals surface area contributed by atoms with Crippen molar-refractivity contribution in [3.63, 3.8) is 0 Å². The summed E-state index contributed by atoms with van der Waals surface area (Å²) in [7, 11) is 0. The van der Waals surface area contributed by atoms with Crippen LogP contribution in [0.5, 0.6) is 0 Å². The third-order valence-corrected chi connectivity index (χ3v) is 2.43. The second kappa shape index (κ2) is 6.29. The summed E-state index contributed by atoms with van der Waals surface area (Å²) in [5.74, 6) is -0.206. The highest BCUT2D eigenvalue weighted by atomic mass is 19.1. The van der Waals surface area contributed by atoms with Crippen LogP contribution in [-0.4, -0.2) is 27.2 Å². The van der Waals surface area contributed by atoms with Crippen LogP contribution >= 0.6 is 0 Å². The van der Waals surface area contributed by atoms with Crippen LogP contribution in [0.2, 0.25) is 0 Å². The predicted octanol–water partition coefficient (Wildman–Crippen LogP) is 1.75. The van der Waals surface area contributed by atoms with Crippen LogP contribution in [0.15, 0.2) is 24.4 Å². The van der Waals surface area contributed by atoms with E-state index < -0.39 is 0 Å². The van der Waals surface area contributed by atoms with E-state index >= 15 is 0 Å². The number of aromatic nitrogens is 4. The lowest BCUT2D eigenvalue weighted by atomic mass is 10.2. The van der Waals surface area contributed by atoms with Crippen molar-refractivity contribution in [2.24, 2.45) is 0 Å². The van der Waals surface area contributed by atoms with Crippen molar-refractivity contribution in [1.29, 1.82) is 5.26 Å². The lowest BCUT2D eigenvalue weighted by Gasteiger charge is -2.10. The summed E-state index contributed by atoms with van der Waals surface area (Å²) in [6.45, 7) is 2.63. The summed E-state index contributed by atoms with van der Waals surface area (Å²) < 4.78 is 13.3. The Morgan fingerprint density at radius 2 is 2.35 bits per heavy atom. The number of H-pyrrole nitrogens is 1. The quantitative estimate of drug-likeness (QED) is 0.717. The number of nitriles is 1. The first-order chi connectivity index (χ1) is 9.74. The molecule has 2 aromatic rings. The van der Waals surface area contributed by atoms with Gasteiger partial charge in [0.05, 0.1) is 11.4 Å². The predicted molar refractivity (Wildman–Crippen MR) is 72.0 cm³/mol. The number of aromatic amines is 1. The molecule has 102 valence electrons. The molecule has 1 heterocycles. The fourth-order valence-electron chi connectivity index (χ4n) is 1.55. The molecule has 0 radical (unpaired) electrons. The first-order valence-corrected chi connectivity index (χ1v) is 5.88. The van der Waals surface area contributed by atoms with Gasteiger partial charge in [-0.3, -0.25) is 0 Å². The summed E-state index contributed by atoms with van der Waals surface area (Å²) >= 11 is 0. The van der Waals surface area contributed by atoms with E-state index in [2.05, 4.69) is 31.3 Å². The van der Waals surface area contributed by atoms with E-state index in [1.54, 1.807) is 6.07 Å². The molecule has 1 aromatic heterocycles. The van der Waals surface area contributed by atoms with Crippen molar-refractivity contribution in [3.8, 4) is 6.07 Å². The fraction of sp³-hybridized carbons (Fsp3) is 0.167. The van der Waals surface area contributed by atoms with Gasteiger partial charge in [0.1, 0.15) is 17.5 Å². The van der Waals surface area contributed by atoms with Crippen molar-refractivity contribution in [1.82, 2.24) is 20.6 Å². The molecule has 0 spiro atoms. The monoisotopic (exact) mass is 273 g/mol. The molecule has 8 heteroatoms. The lowest BCUT2D eigenvalue weighted by molar-refractivity contribution is 0.628. The molecule has 0 saturated heterocycles. The van der Waals surface area contributed by atoms with E-state index in [1.165, 1.54) is 18.3 Å². The highest BCUT2D eigenvalue weighted by molar-refractivity contribution is 5.77. The lowest BCUT2D eigenvalue weighted by Crippen LogP contribution is -2.02. The van der Waals surface area contributed by atoms with Gasteiger partial charge in [-0.25, -0.2) is 4.39 Å². The van der Waals surface area contributed by atoms with Gasteiger partial charge in [-0.1, -0.05) is 0 Å². The van der Waals surface area contributed by atoms with Crippen LogP contribution in [0.25, 0.3) is 5.57 Å². The topological polar surface area (TPSA) is 102 Å². The molecule has 0 aliphatic rings. The first-order valence-electron chi connectivity index (χ1n) is 5.88. The molecule has 0 aliphatic carbocycles. The number of nitrogens with zero attached hydrogens (tertiary/aromatic N) is 4. The van der Waals surface area contributed by atoms with Gasteiger partial charge in [-0.15, -0.1) is 10.2 Å². The Hall–Kier alpha value is -2.95.